The number of hydrogen-bond donors (Lipinski definition) is 1. The van der Waals surface area contributed by atoms with E-state index < -0.39 is 0 Å². The van der Waals surface area contributed by atoms with E-state index in [0.29, 0.717) is 17.1 Å². The first-order valence-corrected chi connectivity index (χ1v) is 7.38. The third kappa shape index (κ3) is 3.34. The number of hydrogen-bond acceptors (Lipinski definition) is 2. The minimum atomic E-state index is -0.110. The van der Waals surface area contributed by atoms with Crippen molar-refractivity contribution >= 4 is 44.8 Å². The maximum absolute atomic E-state index is 12.0. The summed E-state index contributed by atoms with van der Waals surface area (Å²) in [5, 5.41) is 5.44. The molecule has 0 saturated heterocycles. The molecule has 0 bridgehead atoms. The van der Waals surface area contributed by atoms with Crippen LogP contribution in [0.3, 0.4) is 0 Å². The van der Waals surface area contributed by atoms with Crippen molar-refractivity contribution in [1.29, 1.82) is 0 Å². The zero-order chi connectivity index (χ0) is 13.1. The molecule has 0 fully saturated rings. The Balaban J connectivity index is 2.06. The molecule has 0 saturated carbocycles. The largest absolute Gasteiger partial charge is 0.347 e. The SMILES string of the molecule is Cc1cc(Cl)cc(C(=O)NCc2sccc2Br)c1. The Labute approximate surface area is 123 Å². The molecule has 1 N–H and O–H groups in total. The molecule has 5 heteroatoms. The van der Waals surface area contributed by atoms with Crippen LogP contribution in [0.1, 0.15) is 20.8 Å². The van der Waals surface area contributed by atoms with Crippen molar-refractivity contribution in [2.24, 2.45) is 0 Å². The van der Waals surface area contributed by atoms with Gasteiger partial charge in [0.2, 0.25) is 0 Å². The zero-order valence-electron chi connectivity index (χ0n) is 9.67. The van der Waals surface area contributed by atoms with Crippen LogP contribution in [-0.2, 0) is 6.54 Å². The summed E-state index contributed by atoms with van der Waals surface area (Å²) < 4.78 is 1.02. The molecule has 0 unspecified atom stereocenters. The third-order valence-electron chi connectivity index (χ3n) is 2.40. The maximum Gasteiger partial charge on any atom is 0.251 e. The second-order valence-corrected chi connectivity index (χ2v) is 6.18. The van der Waals surface area contributed by atoms with Crippen LogP contribution >= 0.6 is 38.9 Å². The molecule has 0 aliphatic carbocycles. The van der Waals surface area contributed by atoms with Crippen molar-refractivity contribution in [3.05, 3.63) is 55.1 Å². The maximum atomic E-state index is 12.0. The molecule has 1 heterocycles. The van der Waals surface area contributed by atoms with Gasteiger partial charge in [0.15, 0.2) is 0 Å². The Morgan fingerprint density at radius 1 is 1.44 bits per heavy atom. The van der Waals surface area contributed by atoms with Gasteiger partial charge in [-0.25, -0.2) is 0 Å². The molecule has 0 spiro atoms. The van der Waals surface area contributed by atoms with Gasteiger partial charge in [0.05, 0.1) is 6.54 Å². The Morgan fingerprint density at radius 2 is 2.22 bits per heavy atom. The van der Waals surface area contributed by atoms with Crippen LogP contribution in [0.2, 0.25) is 5.02 Å². The first-order chi connectivity index (χ1) is 8.56. The van der Waals surface area contributed by atoms with Crippen molar-refractivity contribution in [2.45, 2.75) is 13.5 Å². The summed E-state index contributed by atoms with van der Waals surface area (Å²) in [5.74, 6) is -0.110. The van der Waals surface area contributed by atoms with Crippen LogP contribution in [0.4, 0.5) is 0 Å². The number of nitrogens with one attached hydrogen (secondary N) is 1. The molecule has 2 aromatic rings. The third-order valence-corrected chi connectivity index (χ3v) is 4.55. The number of benzene rings is 1. The van der Waals surface area contributed by atoms with E-state index in [0.717, 1.165) is 14.9 Å². The lowest BCUT2D eigenvalue weighted by atomic mass is 10.1. The number of carbonyl (C=O) groups excluding carboxylic acids is 1. The standard InChI is InChI=1S/C13H11BrClNOS/c1-8-4-9(6-10(15)5-8)13(17)16-7-12-11(14)2-3-18-12/h2-6H,7H2,1H3,(H,16,17). The summed E-state index contributed by atoms with van der Waals surface area (Å²) in [5.41, 5.74) is 1.57. The van der Waals surface area contributed by atoms with Gasteiger partial charge in [-0.1, -0.05) is 11.6 Å². The average Bonchev–Trinajstić information content (AvgIpc) is 2.70. The normalized spacial score (nSPS) is 10.4. The highest BCUT2D eigenvalue weighted by molar-refractivity contribution is 9.10. The molecule has 2 nitrogen and oxygen atoms in total. The Kier molecular flexibility index (Phi) is 4.43. The van der Waals surface area contributed by atoms with E-state index >= 15 is 0 Å². The van der Waals surface area contributed by atoms with Crippen LogP contribution in [0.15, 0.2) is 34.1 Å². The number of halogens is 2. The minimum absolute atomic E-state index is 0.110. The topological polar surface area (TPSA) is 29.1 Å². The van der Waals surface area contributed by atoms with Gasteiger partial charge in [-0.15, -0.1) is 11.3 Å². The van der Waals surface area contributed by atoms with E-state index in [1.165, 1.54) is 0 Å². The highest BCUT2D eigenvalue weighted by atomic mass is 79.9. The number of rotatable bonds is 3. The van der Waals surface area contributed by atoms with Gasteiger partial charge in [-0.2, -0.15) is 0 Å². The fourth-order valence-electron chi connectivity index (χ4n) is 1.58. The summed E-state index contributed by atoms with van der Waals surface area (Å²) in [6.45, 7) is 2.43. The first-order valence-electron chi connectivity index (χ1n) is 5.33. The highest BCUT2D eigenvalue weighted by Crippen LogP contribution is 2.22. The Bertz CT molecular complexity index is 562. The zero-order valence-corrected chi connectivity index (χ0v) is 12.8. The predicted molar refractivity (Wildman–Crippen MR) is 79.4 cm³/mol. The van der Waals surface area contributed by atoms with Gasteiger partial charge < -0.3 is 5.32 Å². The van der Waals surface area contributed by atoms with Crippen LogP contribution in [0.5, 0.6) is 0 Å². The van der Waals surface area contributed by atoms with Gasteiger partial charge in [0, 0.05) is 19.9 Å². The van der Waals surface area contributed by atoms with Crippen molar-refractivity contribution < 1.29 is 4.79 Å². The van der Waals surface area contributed by atoms with Crippen molar-refractivity contribution in [3.8, 4) is 0 Å². The molecule has 2 rings (SSSR count). The summed E-state index contributed by atoms with van der Waals surface area (Å²) in [6.07, 6.45) is 0. The summed E-state index contributed by atoms with van der Waals surface area (Å²) >= 11 is 11.0. The minimum Gasteiger partial charge on any atom is -0.347 e. The molecule has 94 valence electrons. The summed E-state index contributed by atoms with van der Waals surface area (Å²) in [6, 6.07) is 7.29. The molecule has 1 aromatic carbocycles. The van der Waals surface area contributed by atoms with E-state index in [9.17, 15) is 4.79 Å². The number of thiophene rings is 1. The van der Waals surface area contributed by atoms with E-state index in [1.54, 1.807) is 17.4 Å². The molecule has 0 aliphatic heterocycles. The lowest BCUT2D eigenvalue weighted by molar-refractivity contribution is 0.0951. The van der Waals surface area contributed by atoms with Crippen LogP contribution < -0.4 is 5.32 Å². The molecule has 1 aromatic heterocycles. The summed E-state index contributed by atoms with van der Waals surface area (Å²) in [7, 11) is 0. The van der Waals surface area contributed by atoms with Gasteiger partial charge in [-0.05, 0) is 58.1 Å². The lowest BCUT2D eigenvalue weighted by Gasteiger charge is -2.06. The molecule has 0 radical (unpaired) electrons. The number of aryl methyl sites for hydroxylation is 1. The molecular formula is C13H11BrClNOS. The first kappa shape index (κ1) is 13.6. The lowest BCUT2D eigenvalue weighted by Crippen LogP contribution is -2.22. The van der Waals surface area contributed by atoms with Gasteiger partial charge in [-0.3, -0.25) is 4.79 Å². The van der Waals surface area contributed by atoms with E-state index in [4.69, 9.17) is 11.6 Å². The van der Waals surface area contributed by atoms with Crippen molar-refractivity contribution in [2.75, 3.05) is 0 Å². The van der Waals surface area contributed by atoms with Crippen LogP contribution in [0, 0.1) is 6.92 Å². The molecular weight excluding hydrogens is 334 g/mol. The predicted octanol–water partition coefficient (Wildman–Crippen LogP) is 4.40. The van der Waals surface area contributed by atoms with Gasteiger partial charge in [0.1, 0.15) is 0 Å². The molecule has 0 atom stereocenters. The Hall–Kier alpha value is -0.840. The monoisotopic (exact) mass is 343 g/mol. The molecule has 1 amide bonds. The fourth-order valence-corrected chi connectivity index (χ4v) is 3.30. The van der Waals surface area contributed by atoms with Crippen LogP contribution in [0.25, 0.3) is 0 Å². The average molecular weight is 345 g/mol. The Morgan fingerprint density at radius 3 is 2.83 bits per heavy atom. The highest BCUT2D eigenvalue weighted by Gasteiger charge is 2.08. The second-order valence-electron chi connectivity index (χ2n) is 3.89. The van der Waals surface area contributed by atoms with Crippen LogP contribution in [-0.4, -0.2) is 5.91 Å². The van der Waals surface area contributed by atoms with Gasteiger partial charge >= 0.3 is 0 Å². The summed E-state index contributed by atoms with van der Waals surface area (Å²) in [4.78, 5) is 13.1. The van der Waals surface area contributed by atoms with E-state index in [2.05, 4.69) is 21.2 Å². The number of amides is 1. The fraction of sp³-hybridized carbons (Fsp3) is 0.154. The van der Waals surface area contributed by atoms with E-state index in [-0.39, 0.29) is 5.91 Å². The quantitative estimate of drug-likeness (QED) is 0.878. The smallest absolute Gasteiger partial charge is 0.251 e. The molecule has 18 heavy (non-hydrogen) atoms. The van der Waals surface area contributed by atoms with Crippen molar-refractivity contribution in [3.63, 3.8) is 0 Å². The van der Waals surface area contributed by atoms with Gasteiger partial charge in [0.25, 0.3) is 5.91 Å². The number of carbonyl (C=O) groups is 1. The van der Waals surface area contributed by atoms with Crippen molar-refractivity contribution in [1.82, 2.24) is 5.32 Å². The van der Waals surface area contributed by atoms with E-state index in [1.807, 2.05) is 30.5 Å². The molecule has 0 aliphatic rings. The second kappa shape index (κ2) is 5.87.